The number of ether oxygens (including phenoxy) is 2. The first-order valence-corrected chi connectivity index (χ1v) is 11.2. The van der Waals surface area contributed by atoms with Crippen LogP contribution in [0.2, 0.25) is 0 Å². The van der Waals surface area contributed by atoms with Gasteiger partial charge in [0.2, 0.25) is 0 Å². The standard InChI is InChI=1S/C26H29N3O4/c1-18-8-10-21(11-9-18)33-17-23-25(26(31)28-15-22-7-5-13-32-22)24(30)14-19(2)29(23)16-20-6-3-4-12-27-20/h3-4,6,8-12,14,22H,5,7,13,15-17H2,1-2H3,(H,28,31)/t22-/m1/s1. The minimum Gasteiger partial charge on any atom is -0.487 e. The van der Waals surface area contributed by atoms with Crippen LogP contribution in [0.15, 0.2) is 59.5 Å². The molecular formula is C26H29N3O4. The van der Waals surface area contributed by atoms with Crippen LogP contribution in [-0.4, -0.2) is 34.7 Å². The first-order valence-electron chi connectivity index (χ1n) is 11.2. The number of hydrogen-bond acceptors (Lipinski definition) is 5. The first kappa shape index (κ1) is 22.7. The Morgan fingerprint density at radius 1 is 1.21 bits per heavy atom. The molecule has 1 fully saturated rings. The van der Waals surface area contributed by atoms with Crippen molar-refractivity contribution in [2.75, 3.05) is 13.2 Å². The first-order chi connectivity index (χ1) is 16.0. The number of nitrogens with zero attached hydrogens (tertiary/aromatic N) is 2. The lowest BCUT2D eigenvalue weighted by Gasteiger charge is -2.21. The van der Waals surface area contributed by atoms with Gasteiger partial charge in [0.25, 0.3) is 5.91 Å². The highest BCUT2D eigenvalue weighted by atomic mass is 16.5. The second-order valence-corrected chi connectivity index (χ2v) is 8.33. The summed E-state index contributed by atoms with van der Waals surface area (Å²) in [6.07, 6.45) is 3.60. The van der Waals surface area contributed by atoms with E-state index in [0.29, 0.717) is 31.1 Å². The number of hydrogen-bond donors (Lipinski definition) is 1. The Hall–Kier alpha value is -3.45. The third-order valence-electron chi connectivity index (χ3n) is 5.81. The fourth-order valence-electron chi connectivity index (χ4n) is 3.98. The summed E-state index contributed by atoms with van der Waals surface area (Å²) in [6, 6.07) is 14.9. The number of aryl methyl sites for hydroxylation is 2. The molecule has 1 aliphatic heterocycles. The Balaban J connectivity index is 1.67. The van der Waals surface area contributed by atoms with Crippen molar-refractivity contribution in [3.05, 3.63) is 93.2 Å². The van der Waals surface area contributed by atoms with Crippen LogP contribution in [0.1, 0.15) is 45.8 Å². The minimum absolute atomic E-state index is 0.0117. The maximum atomic E-state index is 13.2. The van der Waals surface area contributed by atoms with Crippen LogP contribution in [0.25, 0.3) is 0 Å². The molecule has 0 spiro atoms. The molecule has 0 aliphatic carbocycles. The molecule has 0 unspecified atom stereocenters. The molecule has 7 nitrogen and oxygen atoms in total. The Morgan fingerprint density at radius 3 is 2.73 bits per heavy atom. The van der Waals surface area contributed by atoms with Gasteiger partial charge in [0.05, 0.1) is 24.0 Å². The van der Waals surface area contributed by atoms with Gasteiger partial charge in [0, 0.05) is 31.1 Å². The number of nitrogens with one attached hydrogen (secondary N) is 1. The summed E-state index contributed by atoms with van der Waals surface area (Å²) in [6.45, 7) is 5.45. The van der Waals surface area contributed by atoms with E-state index in [1.165, 1.54) is 6.07 Å². The Morgan fingerprint density at radius 2 is 2.03 bits per heavy atom. The van der Waals surface area contributed by atoms with Gasteiger partial charge < -0.3 is 19.4 Å². The van der Waals surface area contributed by atoms with Crippen LogP contribution in [0.3, 0.4) is 0 Å². The van der Waals surface area contributed by atoms with Crippen molar-refractivity contribution in [3.63, 3.8) is 0 Å². The van der Waals surface area contributed by atoms with E-state index >= 15 is 0 Å². The summed E-state index contributed by atoms with van der Waals surface area (Å²) in [7, 11) is 0. The van der Waals surface area contributed by atoms with Crippen molar-refractivity contribution in [1.82, 2.24) is 14.9 Å². The highest BCUT2D eigenvalue weighted by Gasteiger charge is 2.23. The highest BCUT2D eigenvalue weighted by Crippen LogP contribution is 2.18. The van der Waals surface area contributed by atoms with Crippen molar-refractivity contribution in [1.29, 1.82) is 0 Å². The average molecular weight is 448 g/mol. The number of pyridine rings is 2. The number of rotatable bonds is 8. The third-order valence-corrected chi connectivity index (χ3v) is 5.81. The van der Waals surface area contributed by atoms with E-state index in [1.54, 1.807) is 6.20 Å². The van der Waals surface area contributed by atoms with E-state index in [1.807, 2.05) is 60.9 Å². The SMILES string of the molecule is Cc1ccc(OCc2c(C(=O)NC[C@H]3CCCO3)c(=O)cc(C)n2Cc2ccccn2)cc1. The van der Waals surface area contributed by atoms with Crippen molar-refractivity contribution in [3.8, 4) is 5.75 Å². The summed E-state index contributed by atoms with van der Waals surface area (Å²) in [4.78, 5) is 30.6. The van der Waals surface area contributed by atoms with E-state index in [9.17, 15) is 9.59 Å². The maximum absolute atomic E-state index is 13.2. The molecule has 172 valence electrons. The Bertz CT molecular complexity index is 1150. The van der Waals surface area contributed by atoms with Gasteiger partial charge in [0.15, 0.2) is 5.43 Å². The van der Waals surface area contributed by atoms with Gasteiger partial charge in [0.1, 0.15) is 17.9 Å². The van der Waals surface area contributed by atoms with Gasteiger partial charge in [-0.1, -0.05) is 23.8 Å². The second-order valence-electron chi connectivity index (χ2n) is 8.33. The van der Waals surface area contributed by atoms with Crippen molar-refractivity contribution < 1.29 is 14.3 Å². The van der Waals surface area contributed by atoms with Crippen LogP contribution >= 0.6 is 0 Å². The lowest BCUT2D eigenvalue weighted by Crippen LogP contribution is -2.37. The van der Waals surface area contributed by atoms with Crippen molar-refractivity contribution in [2.24, 2.45) is 0 Å². The molecule has 3 aromatic rings. The smallest absolute Gasteiger partial charge is 0.257 e. The van der Waals surface area contributed by atoms with Crippen molar-refractivity contribution in [2.45, 2.75) is 45.9 Å². The molecule has 3 heterocycles. The molecule has 1 saturated heterocycles. The largest absolute Gasteiger partial charge is 0.487 e. The number of carbonyl (C=O) groups excluding carboxylic acids is 1. The average Bonchev–Trinajstić information content (AvgIpc) is 3.33. The fourth-order valence-corrected chi connectivity index (χ4v) is 3.98. The molecule has 2 aromatic heterocycles. The van der Waals surface area contributed by atoms with E-state index in [4.69, 9.17) is 9.47 Å². The van der Waals surface area contributed by atoms with Crippen molar-refractivity contribution >= 4 is 5.91 Å². The van der Waals surface area contributed by atoms with Crippen LogP contribution in [0, 0.1) is 13.8 Å². The van der Waals surface area contributed by atoms with Gasteiger partial charge in [-0.3, -0.25) is 14.6 Å². The van der Waals surface area contributed by atoms with E-state index < -0.39 is 5.91 Å². The normalized spacial score (nSPS) is 15.4. The zero-order valence-corrected chi connectivity index (χ0v) is 19.0. The summed E-state index contributed by atoms with van der Waals surface area (Å²) >= 11 is 0. The van der Waals surface area contributed by atoms with Crippen LogP contribution < -0.4 is 15.5 Å². The lowest BCUT2D eigenvalue weighted by atomic mass is 10.1. The third kappa shape index (κ3) is 5.68. The molecule has 0 radical (unpaired) electrons. The molecular weight excluding hydrogens is 418 g/mol. The molecule has 0 saturated carbocycles. The summed E-state index contributed by atoms with van der Waals surface area (Å²) in [5, 5.41) is 2.89. The molecule has 7 heteroatoms. The molecule has 1 aliphatic rings. The van der Waals surface area contributed by atoms with E-state index in [-0.39, 0.29) is 23.7 Å². The number of amides is 1. The molecule has 1 N–H and O–H groups in total. The van der Waals surface area contributed by atoms with Crippen LogP contribution in [-0.2, 0) is 17.9 Å². The number of carbonyl (C=O) groups is 1. The van der Waals surface area contributed by atoms with E-state index in [2.05, 4.69) is 10.3 Å². The molecule has 1 atom stereocenters. The van der Waals surface area contributed by atoms with Crippen LogP contribution in [0.5, 0.6) is 5.75 Å². The highest BCUT2D eigenvalue weighted by molar-refractivity contribution is 5.95. The van der Waals surface area contributed by atoms with Gasteiger partial charge >= 0.3 is 0 Å². The lowest BCUT2D eigenvalue weighted by molar-refractivity contribution is 0.0853. The molecule has 1 amide bonds. The fraction of sp³-hybridized carbons (Fsp3) is 0.346. The van der Waals surface area contributed by atoms with Crippen LogP contribution in [0.4, 0.5) is 0 Å². The zero-order chi connectivity index (χ0) is 23.2. The predicted octanol–water partition coefficient (Wildman–Crippen LogP) is 3.40. The summed E-state index contributed by atoms with van der Waals surface area (Å²) < 4.78 is 13.6. The minimum atomic E-state index is -0.409. The monoisotopic (exact) mass is 447 g/mol. The topological polar surface area (TPSA) is 82.5 Å². The summed E-state index contributed by atoms with van der Waals surface area (Å²) in [5.41, 5.74) is 2.99. The maximum Gasteiger partial charge on any atom is 0.257 e. The molecule has 1 aromatic carbocycles. The Kier molecular flexibility index (Phi) is 7.19. The molecule has 4 rings (SSSR count). The number of benzene rings is 1. The zero-order valence-electron chi connectivity index (χ0n) is 19.0. The van der Waals surface area contributed by atoms with Gasteiger partial charge in [-0.2, -0.15) is 0 Å². The van der Waals surface area contributed by atoms with Gasteiger partial charge in [-0.15, -0.1) is 0 Å². The predicted molar refractivity (Wildman–Crippen MR) is 126 cm³/mol. The molecule has 0 bridgehead atoms. The second kappa shape index (κ2) is 10.4. The summed E-state index contributed by atoms with van der Waals surface area (Å²) in [5.74, 6) is 0.262. The van der Waals surface area contributed by atoms with E-state index in [0.717, 1.165) is 29.8 Å². The Labute approximate surface area is 193 Å². The quantitative estimate of drug-likeness (QED) is 0.572. The number of aromatic nitrogens is 2. The van der Waals surface area contributed by atoms with Gasteiger partial charge in [-0.05, 0) is 51.0 Å². The van der Waals surface area contributed by atoms with Gasteiger partial charge in [-0.25, -0.2) is 0 Å². The molecule has 33 heavy (non-hydrogen) atoms.